The van der Waals surface area contributed by atoms with Crippen molar-refractivity contribution in [2.24, 2.45) is 0 Å². The molecule has 1 aromatic rings. The van der Waals surface area contributed by atoms with Gasteiger partial charge in [-0.3, -0.25) is 0 Å². The van der Waals surface area contributed by atoms with E-state index in [4.69, 9.17) is 14.2 Å². The number of fused-ring (bicyclic) bond motifs is 2. The van der Waals surface area contributed by atoms with E-state index in [2.05, 4.69) is 15.9 Å². The Hall–Kier alpha value is -1.07. The minimum Gasteiger partial charge on any atom is -0.493 e. The highest BCUT2D eigenvalue weighted by atomic mass is 79.9. The van der Waals surface area contributed by atoms with E-state index in [1.807, 2.05) is 12.1 Å². The molecule has 1 fully saturated rings. The van der Waals surface area contributed by atoms with Crippen LogP contribution in [0, 0.1) is 0 Å². The molecule has 0 aromatic heterocycles. The van der Waals surface area contributed by atoms with Crippen molar-refractivity contribution in [3.8, 4) is 5.75 Å². The smallest absolute Gasteiger partial charge is 0.339 e. The van der Waals surface area contributed by atoms with E-state index in [9.17, 15) is 4.79 Å². The van der Waals surface area contributed by atoms with Crippen LogP contribution in [0.5, 0.6) is 5.75 Å². The summed E-state index contributed by atoms with van der Waals surface area (Å²) in [6.07, 6.45) is 0. The molecule has 1 saturated heterocycles. The van der Waals surface area contributed by atoms with Crippen LogP contribution < -0.4 is 4.74 Å². The van der Waals surface area contributed by atoms with E-state index in [-0.39, 0.29) is 5.97 Å². The third-order valence-electron chi connectivity index (χ3n) is 3.01. The van der Waals surface area contributed by atoms with E-state index < -0.39 is 5.60 Å². The molecule has 0 atom stereocenters. The molecule has 0 bridgehead atoms. The SMILES string of the molecule is O=C1OC2(COC2)c2ccc(OCCBr)cc21. The van der Waals surface area contributed by atoms with Crippen LogP contribution in [0.2, 0.25) is 0 Å². The molecule has 0 N–H and O–H groups in total. The number of carbonyl (C=O) groups excluding carboxylic acids is 1. The lowest BCUT2D eigenvalue weighted by molar-refractivity contribution is -0.179. The van der Waals surface area contributed by atoms with Gasteiger partial charge in [0.05, 0.1) is 25.4 Å². The van der Waals surface area contributed by atoms with Gasteiger partial charge in [0, 0.05) is 10.9 Å². The molecule has 1 spiro atoms. The second-order valence-electron chi connectivity index (χ2n) is 4.12. The summed E-state index contributed by atoms with van der Waals surface area (Å²) < 4.78 is 16.0. The van der Waals surface area contributed by atoms with Gasteiger partial charge < -0.3 is 14.2 Å². The number of ether oxygens (including phenoxy) is 3. The average Bonchev–Trinajstić information content (AvgIpc) is 2.60. The lowest BCUT2D eigenvalue weighted by atomic mass is 9.91. The number of hydrogen-bond acceptors (Lipinski definition) is 4. The van der Waals surface area contributed by atoms with Crippen molar-refractivity contribution in [1.29, 1.82) is 0 Å². The van der Waals surface area contributed by atoms with Crippen molar-refractivity contribution in [3.63, 3.8) is 0 Å². The van der Waals surface area contributed by atoms with Gasteiger partial charge in [0.2, 0.25) is 0 Å². The van der Waals surface area contributed by atoms with Crippen LogP contribution >= 0.6 is 15.9 Å². The molecule has 5 heteroatoms. The van der Waals surface area contributed by atoms with Crippen LogP contribution in [0.4, 0.5) is 0 Å². The number of benzene rings is 1. The first-order valence-electron chi connectivity index (χ1n) is 5.39. The summed E-state index contributed by atoms with van der Waals surface area (Å²) in [6, 6.07) is 5.50. The first-order valence-corrected chi connectivity index (χ1v) is 6.52. The number of hydrogen-bond donors (Lipinski definition) is 0. The van der Waals surface area contributed by atoms with Gasteiger partial charge in [0.1, 0.15) is 5.75 Å². The van der Waals surface area contributed by atoms with Crippen LogP contribution in [0.25, 0.3) is 0 Å². The molecule has 0 amide bonds. The van der Waals surface area contributed by atoms with E-state index in [0.717, 1.165) is 10.9 Å². The van der Waals surface area contributed by atoms with Gasteiger partial charge in [0.15, 0.2) is 5.60 Å². The zero-order valence-electron chi connectivity index (χ0n) is 9.07. The number of carbonyl (C=O) groups is 1. The molecule has 4 nitrogen and oxygen atoms in total. The molecule has 0 saturated carbocycles. The average molecular weight is 299 g/mol. The molecule has 2 heterocycles. The molecular formula is C12H11BrO4. The molecule has 17 heavy (non-hydrogen) atoms. The first kappa shape index (κ1) is 11.0. The zero-order chi connectivity index (χ0) is 11.9. The number of halogens is 1. The lowest BCUT2D eigenvalue weighted by Crippen LogP contribution is -2.46. The number of alkyl halides is 1. The molecule has 3 rings (SSSR count). The van der Waals surface area contributed by atoms with Gasteiger partial charge in [0.25, 0.3) is 0 Å². The Labute approximate surface area is 107 Å². The predicted molar refractivity (Wildman–Crippen MR) is 63.6 cm³/mol. The van der Waals surface area contributed by atoms with Crippen molar-refractivity contribution >= 4 is 21.9 Å². The maximum Gasteiger partial charge on any atom is 0.339 e. The second kappa shape index (κ2) is 3.99. The Balaban J connectivity index is 1.93. The van der Waals surface area contributed by atoms with Crippen LogP contribution in [-0.2, 0) is 15.1 Å². The van der Waals surface area contributed by atoms with Crippen molar-refractivity contribution in [3.05, 3.63) is 29.3 Å². The minimum absolute atomic E-state index is 0.285. The van der Waals surface area contributed by atoms with Crippen molar-refractivity contribution in [2.45, 2.75) is 5.60 Å². The fourth-order valence-electron chi connectivity index (χ4n) is 2.13. The van der Waals surface area contributed by atoms with Gasteiger partial charge >= 0.3 is 5.97 Å². The largest absolute Gasteiger partial charge is 0.493 e. The summed E-state index contributed by atoms with van der Waals surface area (Å²) in [4.78, 5) is 11.8. The Morgan fingerprint density at radius 2 is 2.24 bits per heavy atom. The van der Waals surface area contributed by atoms with Gasteiger partial charge in [-0.2, -0.15) is 0 Å². The fourth-order valence-corrected chi connectivity index (χ4v) is 2.29. The molecule has 2 aliphatic heterocycles. The summed E-state index contributed by atoms with van der Waals surface area (Å²) in [5.74, 6) is 0.407. The highest BCUT2D eigenvalue weighted by Gasteiger charge is 2.51. The predicted octanol–water partition coefficient (Wildman–Crippen LogP) is 1.86. The highest BCUT2D eigenvalue weighted by molar-refractivity contribution is 9.09. The van der Waals surface area contributed by atoms with Crippen molar-refractivity contribution in [1.82, 2.24) is 0 Å². The normalized spacial score (nSPS) is 19.7. The minimum atomic E-state index is -0.527. The van der Waals surface area contributed by atoms with Crippen molar-refractivity contribution in [2.75, 3.05) is 25.2 Å². The number of esters is 1. The second-order valence-corrected chi connectivity index (χ2v) is 4.91. The van der Waals surface area contributed by atoms with Gasteiger partial charge in [-0.25, -0.2) is 4.79 Å². The molecule has 1 aromatic carbocycles. The standard InChI is InChI=1S/C12H11BrO4/c13-3-4-16-8-1-2-10-9(5-8)11(14)17-12(10)6-15-7-12/h1-2,5H,3-4,6-7H2. The molecule has 0 radical (unpaired) electrons. The summed E-state index contributed by atoms with van der Waals surface area (Å²) in [7, 11) is 0. The Morgan fingerprint density at radius 1 is 1.41 bits per heavy atom. The Morgan fingerprint density at radius 3 is 2.88 bits per heavy atom. The lowest BCUT2D eigenvalue weighted by Gasteiger charge is -2.36. The highest BCUT2D eigenvalue weighted by Crippen LogP contribution is 2.42. The monoisotopic (exact) mass is 298 g/mol. The molecular weight excluding hydrogens is 288 g/mol. The summed E-state index contributed by atoms with van der Waals surface area (Å²) in [6.45, 7) is 1.47. The van der Waals surface area contributed by atoms with E-state index in [1.54, 1.807) is 6.07 Å². The Bertz CT molecular complexity index is 468. The quantitative estimate of drug-likeness (QED) is 0.631. The molecule has 2 aliphatic rings. The topological polar surface area (TPSA) is 44.8 Å². The zero-order valence-corrected chi connectivity index (χ0v) is 10.7. The first-order chi connectivity index (χ1) is 8.25. The van der Waals surface area contributed by atoms with Crippen LogP contribution in [0.3, 0.4) is 0 Å². The number of rotatable bonds is 3. The third kappa shape index (κ3) is 1.65. The Kier molecular flexibility index (Phi) is 2.60. The van der Waals surface area contributed by atoms with Crippen LogP contribution in [0.1, 0.15) is 15.9 Å². The van der Waals surface area contributed by atoms with Crippen LogP contribution in [0.15, 0.2) is 18.2 Å². The summed E-state index contributed by atoms with van der Waals surface area (Å²) >= 11 is 3.29. The fraction of sp³-hybridized carbons (Fsp3) is 0.417. The van der Waals surface area contributed by atoms with Gasteiger partial charge in [-0.05, 0) is 12.1 Å². The summed E-state index contributed by atoms with van der Waals surface area (Å²) in [5.41, 5.74) is 0.987. The van der Waals surface area contributed by atoms with Crippen LogP contribution in [-0.4, -0.2) is 31.1 Å². The van der Waals surface area contributed by atoms with E-state index >= 15 is 0 Å². The maximum absolute atomic E-state index is 11.8. The third-order valence-corrected chi connectivity index (χ3v) is 3.33. The molecule has 90 valence electrons. The summed E-state index contributed by atoms with van der Waals surface area (Å²) in [5, 5.41) is 0.756. The maximum atomic E-state index is 11.8. The molecule has 0 unspecified atom stereocenters. The van der Waals surface area contributed by atoms with Gasteiger partial charge in [-0.15, -0.1) is 0 Å². The van der Waals surface area contributed by atoms with E-state index in [1.165, 1.54) is 0 Å². The van der Waals surface area contributed by atoms with Gasteiger partial charge in [-0.1, -0.05) is 22.0 Å². The molecule has 0 aliphatic carbocycles. The van der Waals surface area contributed by atoms with E-state index in [0.29, 0.717) is 31.1 Å². The van der Waals surface area contributed by atoms with Crippen molar-refractivity contribution < 1.29 is 19.0 Å².